The summed E-state index contributed by atoms with van der Waals surface area (Å²) in [4.78, 5) is 23.2. The van der Waals surface area contributed by atoms with Crippen LogP contribution < -0.4 is 14.8 Å². The first-order chi connectivity index (χ1) is 13.6. The molecule has 0 unspecified atom stereocenters. The van der Waals surface area contributed by atoms with Crippen molar-refractivity contribution in [3.8, 4) is 5.75 Å². The van der Waals surface area contributed by atoms with Crippen LogP contribution in [0.1, 0.15) is 12.5 Å². The molecule has 1 saturated heterocycles. The summed E-state index contributed by atoms with van der Waals surface area (Å²) in [5.74, 6) is -0.440. The number of halogens is 1. The summed E-state index contributed by atoms with van der Waals surface area (Å²) in [7, 11) is -4.08. The van der Waals surface area contributed by atoms with E-state index in [2.05, 4.69) is 26.6 Å². The van der Waals surface area contributed by atoms with Gasteiger partial charge in [0.15, 0.2) is 5.75 Å². The summed E-state index contributed by atoms with van der Waals surface area (Å²) in [5.41, 5.74) is 1.15. The van der Waals surface area contributed by atoms with Crippen molar-refractivity contribution in [1.82, 2.24) is 5.32 Å². The van der Waals surface area contributed by atoms with Crippen LogP contribution in [-0.4, -0.2) is 24.6 Å². The summed E-state index contributed by atoms with van der Waals surface area (Å²) in [6.45, 7) is 1.36. The minimum Gasteiger partial charge on any atom is -0.378 e. The molecule has 0 bridgehead atoms. The zero-order valence-corrected chi connectivity index (χ0v) is 18.8. The second kappa shape index (κ2) is 8.66. The molecule has 0 aliphatic carbocycles. The van der Waals surface area contributed by atoms with Crippen molar-refractivity contribution >= 4 is 77.9 Å². The number of thiocarbonyl (C=S) groups is 1. The van der Waals surface area contributed by atoms with Crippen molar-refractivity contribution in [1.29, 1.82) is 0 Å². The van der Waals surface area contributed by atoms with Gasteiger partial charge in [0.2, 0.25) is 5.91 Å². The lowest BCUT2D eigenvalue weighted by Gasteiger charge is -2.10. The van der Waals surface area contributed by atoms with Gasteiger partial charge in [-0.3, -0.25) is 9.59 Å². The lowest BCUT2D eigenvalue weighted by atomic mass is 10.2. The van der Waals surface area contributed by atoms with Crippen LogP contribution >= 0.6 is 39.9 Å². The van der Waals surface area contributed by atoms with Gasteiger partial charge >= 0.3 is 10.1 Å². The van der Waals surface area contributed by atoms with Crippen LogP contribution in [-0.2, 0) is 19.7 Å². The van der Waals surface area contributed by atoms with Crippen LogP contribution in [0.15, 0.2) is 56.7 Å². The molecule has 0 aromatic heterocycles. The second-order valence-electron chi connectivity index (χ2n) is 5.79. The summed E-state index contributed by atoms with van der Waals surface area (Å²) < 4.78 is 31.0. The third kappa shape index (κ3) is 5.44. The molecular weight excluding hydrogens is 500 g/mol. The number of anilines is 1. The van der Waals surface area contributed by atoms with E-state index < -0.39 is 10.1 Å². The number of benzene rings is 2. The van der Waals surface area contributed by atoms with E-state index in [-0.39, 0.29) is 22.5 Å². The number of thioether (sulfide) groups is 1. The van der Waals surface area contributed by atoms with Crippen LogP contribution in [0.4, 0.5) is 5.69 Å². The maximum absolute atomic E-state index is 12.5. The lowest BCUT2D eigenvalue weighted by Crippen LogP contribution is -2.17. The standard InChI is InChI=1S/C18H13BrN2O5S3/c1-10(22)20-12-3-5-13(6-4-12)29(24,25)26-15-7-2-11(8-14(15)19)9-16-17(23)21-18(27)28-16/h2-9H,1H3,(H,20,22)(H,21,23,27)/b16-9-. The fourth-order valence-corrected chi connectivity index (χ4v) is 4.90. The summed E-state index contributed by atoms with van der Waals surface area (Å²) in [6.07, 6.45) is 1.64. The van der Waals surface area contributed by atoms with E-state index in [9.17, 15) is 18.0 Å². The molecule has 2 aromatic carbocycles. The van der Waals surface area contributed by atoms with Crippen LogP contribution in [0.2, 0.25) is 0 Å². The predicted octanol–water partition coefficient (Wildman–Crippen LogP) is 3.66. The first kappa shape index (κ1) is 21.5. The molecular formula is C18H13BrN2O5S3. The molecule has 0 saturated carbocycles. The Balaban J connectivity index is 1.79. The number of carbonyl (C=O) groups is 2. The quantitative estimate of drug-likeness (QED) is 0.358. The van der Waals surface area contributed by atoms with Crippen LogP contribution in [0.5, 0.6) is 5.75 Å². The first-order valence-corrected chi connectivity index (χ1v) is 11.4. The molecule has 2 N–H and O–H groups in total. The second-order valence-corrected chi connectivity index (χ2v) is 9.90. The molecule has 11 heteroatoms. The van der Waals surface area contributed by atoms with Crippen molar-refractivity contribution < 1.29 is 22.2 Å². The Labute approximate surface area is 185 Å². The van der Waals surface area contributed by atoms with Gasteiger partial charge in [0.1, 0.15) is 9.22 Å². The molecule has 150 valence electrons. The number of nitrogens with one attached hydrogen (secondary N) is 2. The number of hydrogen-bond donors (Lipinski definition) is 2. The van der Waals surface area contributed by atoms with Gasteiger partial charge in [0, 0.05) is 12.6 Å². The highest BCUT2D eigenvalue weighted by atomic mass is 79.9. The van der Waals surface area contributed by atoms with E-state index in [4.69, 9.17) is 16.4 Å². The third-order valence-electron chi connectivity index (χ3n) is 3.56. The highest BCUT2D eigenvalue weighted by Crippen LogP contribution is 2.32. The Morgan fingerprint density at radius 1 is 1.24 bits per heavy atom. The van der Waals surface area contributed by atoms with Gasteiger partial charge in [-0.15, -0.1) is 0 Å². The van der Waals surface area contributed by atoms with E-state index in [1.165, 1.54) is 37.3 Å². The highest BCUT2D eigenvalue weighted by molar-refractivity contribution is 9.10. The first-order valence-electron chi connectivity index (χ1n) is 8.00. The van der Waals surface area contributed by atoms with Gasteiger partial charge in [0.05, 0.1) is 9.38 Å². The molecule has 2 aromatic rings. The van der Waals surface area contributed by atoms with Crippen LogP contribution in [0.3, 0.4) is 0 Å². The minimum atomic E-state index is -4.08. The molecule has 29 heavy (non-hydrogen) atoms. The third-order valence-corrected chi connectivity index (χ3v) is 6.59. The summed E-state index contributed by atoms with van der Waals surface area (Å²) in [6, 6.07) is 10.4. The van der Waals surface area contributed by atoms with Crippen molar-refractivity contribution in [3.05, 3.63) is 57.4 Å². The zero-order valence-electron chi connectivity index (χ0n) is 14.8. The van der Waals surface area contributed by atoms with Gasteiger partial charge < -0.3 is 14.8 Å². The van der Waals surface area contributed by atoms with Gasteiger partial charge in [0.25, 0.3) is 5.91 Å². The number of hydrogen-bond acceptors (Lipinski definition) is 7. The lowest BCUT2D eigenvalue weighted by molar-refractivity contribution is -0.115. The summed E-state index contributed by atoms with van der Waals surface area (Å²) in [5, 5.41) is 5.08. The fraction of sp³-hybridized carbons (Fsp3) is 0.0556. The van der Waals surface area contributed by atoms with Gasteiger partial charge in [-0.2, -0.15) is 8.42 Å². The molecule has 1 fully saturated rings. The maximum atomic E-state index is 12.5. The Kier molecular flexibility index (Phi) is 6.42. The molecule has 2 amide bonds. The topological polar surface area (TPSA) is 102 Å². The number of carbonyl (C=O) groups excluding carboxylic acids is 2. The summed E-state index contributed by atoms with van der Waals surface area (Å²) >= 11 is 9.39. The smallest absolute Gasteiger partial charge is 0.339 e. The van der Waals surface area contributed by atoms with E-state index in [0.717, 1.165) is 11.8 Å². The van der Waals surface area contributed by atoms with Crippen molar-refractivity contribution in [3.63, 3.8) is 0 Å². The van der Waals surface area contributed by atoms with Gasteiger partial charge in [-0.1, -0.05) is 30.0 Å². The monoisotopic (exact) mass is 512 g/mol. The molecule has 7 nitrogen and oxygen atoms in total. The Morgan fingerprint density at radius 3 is 2.48 bits per heavy atom. The maximum Gasteiger partial charge on any atom is 0.339 e. The Hall–Kier alpha value is -2.21. The average molecular weight is 513 g/mol. The number of amides is 2. The zero-order chi connectivity index (χ0) is 21.2. The molecule has 0 atom stereocenters. The highest BCUT2D eigenvalue weighted by Gasteiger charge is 2.22. The minimum absolute atomic E-state index is 0.0581. The fourth-order valence-electron chi connectivity index (χ4n) is 2.32. The predicted molar refractivity (Wildman–Crippen MR) is 119 cm³/mol. The van der Waals surface area contributed by atoms with Crippen LogP contribution in [0, 0.1) is 0 Å². The van der Waals surface area contributed by atoms with E-state index in [0.29, 0.717) is 24.9 Å². The molecule has 0 radical (unpaired) electrons. The molecule has 1 aliphatic rings. The van der Waals surface area contributed by atoms with E-state index >= 15 is 0 Å². The van der Waals surface area contributed by atoms with Crippen molar-refractivity contribution in [2.45, 2.75) is 11.8 Å². The van der Waals surface area contributed by atoms with Crippen molar-refractivity contribution in [2.75, 3.05) is 5.32 Å². The Bertz CT molecular complexity index is 1140. The van der Waals surface area contributed by atoms with Crippen LogP contribution in [0.25, 0.3) is 6.08 Å². The van der Waals surface area contributed by atoms with Gasteiger partial charge in [-0.05, 0) is 64.0 Å². The van der Waals surface area contributed by atoms with E-state index in [1.54, 1.807) is 18.2 Å². The normalized spacial score (nSPS) is 15.3. The molecule has 0 spiro atoms. The van der Waals surface area contributed by atoms with Crippen molar-refractivity contribution in [2.24, 2.45) is 0 Å². The Morgan fingerprint density at radius 2 is 1.93 bits per heavy atom. The van der Waals surface area contributed by atoms with Gasteiger partial charge in [-0.25, -0.2) is 0 Å². The number of rotatable bonds is 5. The van der Waals surface area contributed by atoms with E-state index in [1.807, 2.05) is 0 Å². The molecule has 3 rings (SSSR count). The average Bonchev–Trinajstić information content (AvgIpc) is 2.94. The SMILES string of the molecule is CC(=O)Nc1ccc(S(=O)(=O)Oc2ccc(/C=C3\SC(=S)NC3=O)cc2Br)cc1. The molecule has 1 heterocycles. The molecule has 1 aliphatic heterocycles. The largest absolute Gasteiger partial charge is 0.378 e.